The van der Waals surface area contributed by atoms with E-state index in [9.17, 15) is 14.7 Å². The third-order valence-electron chi connectivity index (χ3n) is 4.75. The summed E-state index contributed by atoms with van der Waals surface area (Å²) in [4.78, 5) is 28.1. The van der Waals surface area contributed by atoms with Crippen molar-refractivity contribution >= 4 is 23.7 Å². The molecular formula is C24H24N2O5. The molecule has 1 aliphatic heterocycles. The van der Waals surface area contributed by atoms with Crippen molar-refractivity contribution in [1.82, 2.24) is 5.32 Å². The summed E-state index contributed by atoms with van der Waals surface area (Å²) in [6, 6.07) is 16.5. The number of hydrogen-bond donors (Lipinski definition) is 2. The van der Waals surface area contributed by atoms with Crippen LogP contribution in [0.15, 0.2) is 76.6 Å². The smallest absolute Gasteiger partial charge is 0.343 e. The fraction of sp³-hybridized carbons (Fsp3) is 0.208. The molecule has 7 nitrogen and oxygen atoms in total. The van der Waals surface area contributed by atoms with Crippen molar-refractivity contribution in [2.75, 3.05) is 13.7 Å². The van der Waals surface area contributed by atoms with Crippen molar-refractivity contribution in [2.24, 2.45) is 4.99 Å². The molecule has 1 heterocycles. The number of nitrogens with one attached hydrogen (secondary N) is 1. The molecule has 0 fully saturated rings. The summed E-state index contributed by atoms with van der Waals surface area (Å²) < 4.78 is 10.2. The number of aliphatic imine (C=N–C) groups is 1. The van der Waals surface area contributed by atoms with Crippen LogP contribution >= 0.6 is 0 Å². The van der Waals surface area contributed by atoms with E-state index in [0.29, 0.717) is 11.5 Å². The number of amides is 1. The van der Waals surface area contributed by atoms with Crippen molar-refractivity contribution in [2.45, 2.75) is 19.9 Å². The predicted octanol–water partition coefficient (Wildman–Crippen LogP) is 3.74. The van der Waals surface area contributed by atoms with Crippen LogP contribution in [0.25, 0.3) is 6.08 Å². The summed E-state index contributed by atoms with van der Waals surface area (Å²) in [5, 5.41) is 13.2. The van der Waals surface area contributed by atoms with E-state index in [1.54, 1.807) is 37.3 Å². The first-order chi connectivity index (χ1) is 14.9. The maximum absolute atomic E-state index is 12.1. The van der Waals surface area contributed by atoms with Crippen LogP contribution in [0, 0.1) is 0 Å². The second kappa shape index (κ2) is 9.75. The van der Waals surface area contributed by atoms with Crippen LogP contribution < -0.4 is 10.1 Å². The van der Waals surface area contributed by atoms with E-state index >= 15 is 0 Å². The molecule has 0 aliphatic carbocycles. The van der Waals surface area contributed by atoms with Gasteiger partial charge in [0.05, 0.1) is 18.9 Å². The highest BCUT2D eigenvalue weighted by Gasteiger charge is 2.27. The Labute approximate surface area is 180 Å². The summed E-state index contributed by atoms with van der Waals surface area (Å²) >= 11 is 0. The maximum Gasteiger partial charge on any atom is 0.343 e. The molecule has 0 unspecified atom stereocenters. The average molecular weight is 420 g/mol. The standard InChI is InChI=1S/C24H24N2O5/c1-15(18-7-5-4-6-8-18)26-21(27)14-31-19-11-9-17(10-12-19)13-20-23(28)22(16(2)25-20)24(29)30-3/h4-13,15,28H,14H2,1-3H3,(H,26,27)/b20-13+/t15-/m0/s1. The first kappa shape index (κ1) is 21.8. The Morgan fingerprint density at radius 1 is 1.13 bits per heavy atom. The summed E-state index contributed by atoms with van der Waals surface area (Å²) in [6.45, 7) is 3.44. The number of carbonyl (C=O) groups is 2. The number of carbonyl (C=O) groups excluding carboxylic acids is 2. The van der Waals surface area contributed by atoms with Gasteiger partial charge in [0.1, 0.15) is 17.0 Å². The SMILES string of the molecule is COC(=O)C1=C(O)/C(=C\c2ccc(OCC(=O)N[C@@H](C)c3ccccc3)cc2)N=C1C. The second-order valence-electron chi connectivity index (χ2n) is 7.00. The zero-order valence-corrected chi connectivity index (χ0v) is 17.6. The number of aliphatic hydroxyl groups is 1. The number of benzene rings is 2. The molecule has 2 aromatic rings. The van der Waals surface area contributed by atoms with E-state index in [1.807, 2.05) is 37.3 Å². The maximum atomic E-state index is 12.1. The van der Waals surface area contributed by atoms with Gasteiger partial charge in [-0.2, -0.15) is 0 Å². The van der Waals surface area contributed by atoms with Gasteiger partial charge in [-0.25, -0.2) is 9.79 Å². The highest BCUT2D eigenvalue weighted by Crippen LogP contribution is 2.26. The molecule has 7 heteroatoms. The molecule has 1 atom stereocenters. The molecule has 0 saturated heterocycles. The minimum absolute atomic E-state index is 0.0597. The Morgan fingerprint density at radius 2 is 1.81 bits per heavy atom. The number of aliphatic hydroxyl groups excluding tert-OH is 1. The Morgan fingerprint density at radius 3 is 2.45 bits per heavy atom. The lowest BCUT2D eigenvalue weighted by molar-refractivity contribution is -0.135. The minimum Gasteiger partial charge on any atom is -0.505 e. The normalized spacial score (nSPS) is 15.5. The summed E-state index contributed by atoms with van der Waals surface area (Å²) in [7, 11) is 1.25. The lowest BCUT2D eigenvalue weighted by Gasteiger charge is -2.14. The van der Waals surface area contributed by atoms with Crippen molar-refractivity contribution in [3.05, 3.63) is 82.8 Å². The molecule has 0 saturated carbocycles. The number of ether oxygens (including phenoxy) is 2. The topological polar surface area (TPSA) is 97.2 Å². The van der Waals surface area contributed by atoms with Crippen molar-refractivity contribution in [3.8, 4) is 5.75 Å². The Bertz CT molecular complexity index is 1050. The number of methoxy groups -OCH3 is 1. The van der Waals surface area contributed by atoms with E-state index in [0.717, 1.165) is 11.1 Å². The minimum atomic E-state index is -0.634. The number of rotatable bonds is 7. The molecule has 0 bridgehead atoms. The van der Waals surface area contributed by atoms with Crippen molar-refractivity contribution in [3.63, 3.8) is 0 Å². The first-order valence-electron chi connectivity index (χ1n) is 9.75. The number of nitrogens with zero attached hydrogens (tertiary/aromatic N) is 1. The molecular weight excluding hydrogens is 396 g/mol. The van der Waals surface area contributed by atoms with Crippen LogP contribution in [0.2, 0.25) is 0 Å². The molecule has 160 valence electrons. The first-order valence-corrected chi connectivity index (χ1v) is 9.75. The molecule has 2 N–H and O–H groups in total. The predicted molar refractivity (Wildman–Crippen MR) is 118 cm³/mol. The van der Waals surface area contributed by atoms with Gasteiger partial charge in [-0.1, -0.05) is 42.5 Å². The highest BCUT2D eigenvalue weighted by atomic mass is 16.5. The van der Waals surface area contributed by atoms with Crippen LogP contribution in [0.5, 0.6) is 5.75 Å². The van der Waals surface area contributed by atoms with Crippen molar-refractivity contribution in [1.29, 1.82) is 0 Å². The fourth-order valence-corrected chi connectivity index (χ4v) is 3.11. The zero-order valence-electron chi connectivity index (χ0n) is 17.6. The van der Waals surface area contributed by atoms with E-state index < -0.39 is 5.97 Å². The molecule has 0 aromatic heterocycles. The quantitative estimate of drug-likeness (QED) is 0.665. The van der Waals surface area contributed by atoms with Crippen LogP contribution in [-0.4, -0.2) is 36.4 Å². The molecule has 31 heavy (non-hydrogen) atoms. The lowest BCUT2D eigenvalue weighted by Crippen LogP contribution is -2.31. The molecule has 1 amide bonds. The van der Waals surface area contributed by atoms with E-state index in [1.165, 1.54) is 7.11 Å². The Balaban J connectivity index is 1.58. The summed E-state index contributed by atoms with van der Waals surface area (Å²) in [5.74, 6) is -0.533. The average Bonchev–Trinajstić information content (AvgIpc) is 3.06. The molecule has 1 aliphatic rings. The van der Waals surface area contributed by atoms with Gasteiger partial charge in [-0.15, -0.1) is 0 Å². The van der Waals surface area contributed by atoms with E-state index in [-0.39, 0.29) is 35.6 Å². The van der Waals surface area contributed by atoms with Gasteiger partial charge >= 0.3 is 5.97 Å². The van der Waals surface area contributed by atoms with Crippen LogP contribution in [-0.2, 0) is 14.3 Å². The second-order valence-corrected chi connectivity index (χ2v) is 7.00. The Hall–Kier alpha value is -3.87. The number of hydrogen-bond acceptors (Lipinski definition) is 6. The number of esters is 1. The van der Waals surface area contributed by atoms with Gasteiger partial charge in [0.15, 0.2) is 12.4 Å². The molecule has 3 rings (SSSR count). The summed E-state index contributed by atoms with van der Waals surface area (Å²) in [5.41, 5.74) is 2.50. The largest absolute Gasteiger partial charge is 0.505 e. The van der Waals surface area contributed by atoms with Gasteiger partial charge in [0.25, 0.3) is 5.91 Å². The lowest BCUT2D eigenvalue weighted by atomic mass is 10.1. The van der Waals surface area contributed by atoms with Gasteiger partial charge in [0.2, 0.25) is 0 Å². The Kier molecular flexibility index (Phi) is 6.87. The van der Waals surface area contributed by atoms with Gasteiger partial charge in [-0.05, 0) is 43.2 Å². The zero-order chi connectivity index (χ0) is 22.4. The van der Waals surface area contributed by atoms with Gasteiger partial charge in [0, 0.05) is 0 Å². The molecule has 2 aromatic carbocycles. The van der Waals surface area contributed by atoms with Crippen LogP contribution in [0.3, 0.4) is 0 Å². The van der Waals surface area contributed by atoms with Gasteiger partial charge in [-0.3, -0.25) is 4.79 Å². The van der Waals surface area contributed by atoms with E-state index in [2.05, 4.69) is 15.0 Å². The third kappa shape index (κ3) is 5.39. The molecule has 0 radical (unpaired) electrons. The van der Waals surface area contributed by atoms with Crippen LogP contribution in [0.1, 0.15) is 31.0 Å². The van der Waals surface area contributed by atoms with E-state index in [4.69, 9.17) is 4.74 Å². The summed E-state index contributed by atoms with van der Waals surface area (Å²) in [6.07, 6.45) is 1.65. The third-order valence-corrected chi connectivity index (χ3v) is 4.75. The monoisotopic (exact) mass is 420 g/mol. The van der Waals surface area contributed by atoms with Crippen molar-refractivity contribution < 1.29 is 24.2 Å². The fourth-order valence-electron chi connectivity index (χ4n) is 3.11. The van der Waals surface area contributed by atoms with Crippen LogP contribution in [0.4, 0.5) is 0 Å². The molecule has 0 spiro atoms. The highest BCUT2D eigenvalue weighted by molar-refractivity contribution is 6.21. The van der Waals surface area contributed by atoms with Gasteiger partial charge < -0.3 is 19.9 Å².